The molecule has 2 heterocycles. The summed E-state index contributed by atoms with van der Waals surface area (Å²) in [7, 11) is 0. The molecular weight excluding hydrogens is 444 g/mol. The van der Waals surface area contributed by atoms with Gasteiger partial charge in [0.1, 0.15) is 5.75 Å². The van der Waals surface area contributed by atoms with Crippen LogP contribution < -0.4 is 14.5 Å². The highest BCUT2D eigenvalue weighted by molar-refractivity contribution is 6.30. The number of hydrogen-bond donors (Lipinski definition) is 0. The van der Waals surface area contributed by atoms with Crippen LogP contribution in [0.5, 0.6) is 5.75 Å². The van der Waals surface area contributed by atoms with Crippen molar-refractivity contribution >= 4 is 46.7 Å². The predicted molar refractivity (Wildman–Crippen MR) is 122 cm³/mol. The zero-order valence-corrected chi connectivity index (χ0v) is 18.7. The summed E-state index contributed by atoms with van der Waals surface area (Å²) in [6.07, 6.45) is 3.44. The van der Waals surface area contributed by atoms with Gasteiger partial charge in [-0.05, 0) is 49.2 Å². The summed E-state index contributed by atoms with van der Waals surface area (Å²) in [6.45, 7) is 0.214. The first-order valence-electron chi connectivity index (χ1n) is 11.2. The number of carbonyl (C=O) groups is 4. The SMILES string of the molecule is O=C(Oc1cccc(N2C(=O)[C@H]3CCCC[C@@H]3C2=O)c1)[C@H]1CC(=O)N(c2ccc(Cl)cc2)C1. The van der Waals surface area contributed by atoms with Crippen molar-refractivity contribution in [3.05, 3.63) is 53.6 Å². The number of amides is 3. The number of benzene rings is 2. The normalized spacial score (nSPS) is 24.9. The van der Waals surface area contributed by atoms with E-state index < -0.39 is 11.9 Å². The van der Waals surface area contributed by atoms with E-state index in [1.165, 1.54) is 4.90 Å². The number of imide groups is 1. The Morgan fingerprint density at radius 1 is 0.909 bits per heavy atom. The second-order valence-corrected chi connectivity index (χ2v) is 9.25. The van der Waals surface area contributed by atoms with E-state index in [0.717, 1.165) is 25.7 Å². The van der Waals surface area contributed by atoms with Crippen molar-refractivity contribution < 1.29 is 23.9 Å². The molecule has 0 spiro atoms. The van der Waals surface area contributed by atoms with Crippen molar-refractivity contribution in [1.29, 1.82) is 0 Å². The van der Waals surface area contributed by atoms with Crippen molar-refractivity contribution in [3.8, 4) is 5.75 Å². The van der Waals surface area contributed by atoms with Crippen LogP contribution in [0.1, 0.15) is 32.1 Å². The maximum absolute atomic E-state index is 12.9. The average Bonchev–Trinajstić information content (AvgIpc) is 3.32. The van der Waals surface area contributed by atoms with Crippen LogP contribution in [0.2, 0.25) is 5.02 Å². The van der Waals surface area contributed by atoms with E-state index in [1.807, 2.05) is 0 Å². The summed E-state index contributed by atoms with van der Waals surface area (Å²) in [6, 6.07) is 13.3. The number of halogens is 1. The van der Waals surface area contributed by atoms with Gasteiger partial charge in [0.05, 0.1) is 23.4 Å². The fourth-order valence-electron chi connectivity index (χ4n) is 5.04. The lowest BCUT2D eigenvalue weighted by molar-refractivity contribution is -0.139. The van der Waals surface area contributed by atoms with E-state index in [0.29, 0.717) is 16.4 Å². The Kier molecular flexibility index (Phi) is 5.66. The summed E-state index contributed by atoms with van der Waals surface area (Å²) in [4.78, 5) is 53.8. The zero-order chi connectivity index (χ0) is 23.1. The molecule has 2 aromatic carbocycles. The van der Waals surface area contributed by atoms with E-state index in [4.69, 9.17) is 16.3 Å². The van der Waals surface area contributed by atoms with Gasteiger partial charge in [0.2, 0.25) is 17.7 Å². The first-order valence-corrected chi connectivity index (χ1v) is 11.6. The van der Waals surface area contributed by atoms with E-state index in [2.05, 4.69) is 0 Å². The minimum atomic E-state index is -0.616. The molecule has 0 radical (unpaired) electrons. The molecule has 8 heteroatoms. The number of hydrogen-bond acceptors (Lipinski definition) is 5. The maximum Gasteiger partial charge on any atom is 0.316 e. The molecule has 1 saturated carbocycles. The summed E-state index contributed by atoms with van der Waals surface area (Å²) in [5.74, 6) is -1.91. The molecule has 0 aromatic heterocycles. The molecule has 0 N–H and O–H groups in total. The highest BCUT2D eigenvalue weighted by Crippen LogP contribution is 2.40. The van der Waals surface area contributed by atoms with Gasteiger partial charge < -0.3 is 9.64 Å². The Hall–Kier alpha value is -3.19. The van der Waals surface area contributed by atoms with Gasteiger partial charge >= 0.3 is 5.97 Å². The van der Waals surface area contributed by atoms with E-state index in [9.17, 15) is 19.2 Å². The molecule has 3 atom stereocenters. The van der Waals surface area contributed by atoms with Crippen molar-refractivity contribution in [2.75, 3.05) is 16.3 Å². The molecule has 170 valence electrons. The Bertz CT molecular complexity index is 1110. The molecule has 33 heavy (non-hydrogen) atoms. The third-order valence-corrected chi connectivity index (χ3v) is 6.98. The van der Waals surface area contributed by atoms with Crippen LogP contribution in [0, 0.1) is 17.8 Å². The van der Waals surface area contributed by atoms with Crippen LogP contribution in [0.15, 0.2) is 48.5 Å². The summed E-state index contributed by atoms with van der Waals surface area (Å²) >= 11 is 5.91. The quantitative estimate of drug-likeness (QED) is 0.386. The van der Waals surface area contributed by atoms with Gasteiger partial charge in [0.25, 0.3) is 0 Å². The highest BCUT2D eigenvalue weighted by atomic mass is 35.5. The van der Waals surface area contributed by atoms with Gasteiger partial charge in [-0.2, -0.15) is 0 Å². The highest BCUT2D eigenvalue weighted by Gasteiger charge is 2.48. The summed E-state index contributed by atoms with van der Waals surface area (Å²) in [5.41, 5.74) is 1.09. The molecular formula is C25H23ClN2O5. The van der Waals surface area contributed by atoms with Crippen LogP contribution in [-0.2, 0) is 19.2 Å². The largest absolute Gasteiger partial charge is 0.426 e. The molecule has 0 bridgehead atoms. The lowest BCUT2D eigenvalue weighted by atomic mass is 9.81. The first kappa shape index (κ1) is 21.6. The minimum Gasteiger partial charge on any atom is -0.426 e. The molecule has 2 aromatic rings. The molecule has 2 saturated heterocycles. The zero-order valence-electron chi connectivity index (χ0n) is 17.9. The lowest BCUT2D eigenvalue weighted by Crippen LogP contribution is -2.31. The summed E-state index contributed by atoms with van der Waals surface area (Å²) < 4.78 is 5.55. The number of nitrogens with zero attached hydrogens (tertiary/aromatic N) is 2. The monoisotopic (exact) mass is 466 g/mol. The second-order valence-electron chi connectivity index (χ2n) is 8.81. The number of rotatable bonds is 4. The van der Waals surface area contributed by atoms with Gasteiger partial charge in [-0.15, -0.1) is 0 Å². The summed E-state index contributed by atoms with van der Waals surface area (Å²) in [5, 5.41) is 0.565. The number of ether oxygens (including phenoxy) is 1. The molecule has 7 nitrogen and oxygen atoms in total. The van der Waals surface area contributed by atoms with Crippen molar-refractivity contribution in [3.63, 3.8) is 0 Å². The average molecular weight is 467 g/mol. The molecule has 1 aliphatic carbocycles. The van der Waals surface area contributed by atoms with Crippen LogP contribution in [-0.4, -0.2) is 30.2 Å². The van der Waals surface area contributed by atoms with Crippen LogP contribution in [0.4, 0.5) is 11.4 Å². The maximum atomic E-state index is 12.9. The predicted octanol–water partition coefficient (Wildman–Crippen LogP) is 3.98. The van der Waals surface area contributed by atoms with Crippen molar-refractivity contribution in [2.45, 2.75) is 32.1 Å². The number of anilines is 2. The molecule has 2 aliphatic heterocycles. The number of fused-ring (bicyclic) bond motifs is 1. The van der Waals surface area contributed by atoms with E-state index >= 15 is 0 Å². The third kappa shape index (κ3) is 4.02. The fraction of sp³-hybridized carbons (Fsp3) is 0.360. The Labute approximate surface area is 196 Å². The van der Waals surface area contributed by atoms with Gasteiger partial charge in [-0.3, -0.25) is 19.2 Å². The minimum absolute atomic E-state index is 0.0492. The standard InChI is InChI=1S/C25H23ClN2O5/c26-16-8-10-17(11-9-16)27-14-15(12-22(27)29)25(32)33-19-5-3-4-18(13-19)28-23(30)20-6-1-2-7-21(20)24(28)31/h3-5,8-11,13,15,20-21H,1-2,6-7,12,14H2/t15-,20-,21-/m0/s1. The number of carbonyl (C=O) groups excluding carboxylic acids is 4. The molecule has 3 amide bonds. The topological polar surface area (TPSA) is 84.0 Å². The van der Waals surface area contributed by atoms with Gasteiger partial charge in [0, 0.05) is 29.7 Å². The fourth-order valence-corrected chi connectivity index (χ4v) is 5.16. The van der Waals surface area contributed by atoms with Crippen LogP contribution >= 0.6 is 11.6 Å². The number of esters is 1. The van der Waals surface area contributed by atoms with Gasteiger partial charge in [-0.1, -0.05) is 30.5 Å². The first-order chi connectivity index (χ1) is 15.9. The van der Waals surface area contributed by atoms with Crippen LogP contribution in [0.25, 0.3) is 0 Å². The van der Waals surface area contributed by atoms with Crippen molar-refractivity contribution in [1.82, 2.24) is 0 Å². The Morgan fingerprint density at radius 3 is 2.24 bits per heavy atom. The molecule has 0 unspecified atom stereocenters. The molecule has 3 aliphatic rings. The van der Waals surface area contributed by atoms with E-state index in [-0.39, 0.29) is 48.3 Å². The Balaban J connectivity index is 1.29. The second kappa shape index (κ2) is 8.63. The van der Waals surface area contributed by atoms with E-state index in [1.54, 1.807) is 53.4 Å². The van der Waals surface area contributed by atoms with Crippen molar-refractivity contribution in [2.24, 2.45) is 17.8 Å². The molecule has 5 rings (SSSR count). The Morgan fingerprint density at radius 2 is 1.58 bits per heavy atom. The van der Waals surface area contributed by atoms with Crippen LogP contribution in [0.3, 0.4) is 0 Å². The third-order valence-electron chi connectivity index (χ3n) is 6.73. The van der Waals surface area contributed by atoms with Gasteiger partial charge in [-0.25, -0.2) is 4.90 Å². The molecule has 3 fully saturated rings. The van der Waals surface area contributed by atoms with Gasteiger partial charge in [0.15, 0.2) is 0 Å². The smallest absolute Gasteiger partial charge is 0.316 e. The lowest BCUT2D eigenvalue weighted by Gasteiger charge is -2.19.